The maximum atomic E-state index is 14.1. The fourth-order valence-corrected chi connectivity index (χ4v) is 8.80. The number of hydrogen-bond acceptors (Lipinski definition) is 9. The highest BCUT2D eigenvalue weighted by Gasteiger charge is 2.46. The number of amides is 5. The standard InChI is InChI=1S/C43H43N7O6/c1-4-25-21-28-29(43(2,3)39-37(38(28)53)26-12-11-24(23-44)20-31(26)46-39)22-33(25)48-16-18-49(19-17-48)35(52)10-5-6-15-45-30-9-7-8-27-36(30)42(56)50(41(27)55)32-13-14-34(51)47-40(32)54/h7-9,11-12,20-22,32,45-46H,4-6,10,13-19H2,1-3H3,(H,47,51,54). The number of anilines is 2. The number of aryl methyl sites for hydroxylation is 1. The minimum atomic E-state index is -1.03. The first-order valence-electron chi connectivity index (χ1n) is 19.3. The van der Waals surface area contributed by atoms with Gasteiger partial charge >= 0.3 is 0 Å². The highest BCUT2D eigenvalue weighted by atomic mass is 16.2. The van der Waals surface area contributed by atoms with Crippen LogP contribution in [0.15, 0.2) is 48.5 Å². The Labute approximate surface area is 324 Å². The lowest BCUT2D eigenvalue weighted by Gasteiger charge is -2.39. The van der Waals surface area contributed by atoms with Gasteiger partial charge in [-0.3, -0.25) is 39.0 Å². The number of benzene rings is 3. The molecular formula is C43H43N7O6. The quantitative estimate of drug-likeness (QED) is 0.160. The normalized spacial score (nSPS) is 18.8. The van der Waals surface area contributed by atoms with Crippen molar-refractivity contribution in [1.29, 1.82) is 5.26 Å². The summed E-state index contributed by atoms with van der Waals surface area (Å²) in [6.45, 7) is 9.35. The minimum Gasteiger partial charge on any atom is -0.384 e. The molecule has 2 saturated heterocycles. The van der Waals surface area contributed by atoms with Crippen LogP contribution < -0.4 is 15.5 Å². The van der Waals surface area contributed by atoms with Crippen LogP contribution in [0.1, 0.15) is 112 Å². The average molecular weight is 754 g/mol. The van der Waals surface area contributed by atoms with Gasteiger partial charge in [-0.2, -0.15) is 5.26 Å². The van der Waals surface area contributed by atoms with Crippen LogP contribution >= 0.6 is 0 Å². The number of fused-ring (bicyclic) bond motifs is 5. The Hall–Kier alpha value is -6.29. The van der Waals surface area contributed by atoms with Crippen LogP contribution in [0.5, 0.6) is 0 Å². The van der Waals surface area contributed by atoms with E-state index in [0.717, 1.165) is 44.7 Å². The maximum Gasteiger partial charge on any atom is 0.264 e. The second-order valence-corrected chi connectivity index (χ2v) is 15.5. The van der Waals surface area contributed by atoms with Crippen molar-refractivity contribution in [2.24, 2.45) is 0 Å². The van der Waals surface area contributed by atoms with Gasteiger partial charge in [0.2, 0.25) is 17.7 Å². The Kier molecular flexibility index (Phi) is 9.23. The van der Waals surface area contributed by atoms with Gasteiger partial charge in [0.15, 0.2) is 5.78 Å². The smallest absolute Gasteiger partial charge is 0.264 e. The number of rotatable bonds is 9. The largest absolute Gasteiger partial charge is 0.384 e. The van der Waals surface area contributed by atoms with E-state index in [0.29, 0.717) is 74.4 Å². The van der Waals surface area contributed by atoms with Gasteiger partial charge < -0.3 is 20.1 Å². The molecule has 5 amide bonds. The lowest BCUT2D eigenvalue weighted by molar-refractivity contribution is -0.136. The third-order valence-electron chi connectivity index (χ3n) is 11.9. The van der Waals surface area contributed by atoms with E-state index in [-0.39, 0.29) is 35.7 Å². The topological polar surface area (TPSA) is 176 Å². The van der Waals surface area contributed by atoms with Gasteiger partial charge in [0.25, 0.3) is 11.8 Å². The van der Waals surface area contributed by atoms with Crippen molar-refractivity contribution < 1.29 is 28.8 Å². The molecule has 3 N–H and O–H groups in total. The fraction of sp³-hybridized carbons (Fsp3) is 0.372. The number of carbonyl (C=O) groups is 6. The maximum absolute atomic E-state index is 14.1. The SMILES string of the molecule is CCc1cc2c(cc1N1CCN(C(=O)CCCCNc3cccc4c3C(=O)N(C3CCC(=O)NC3=O)C4=O)CC1)C(C)(C)c1[nH]c3cc(C#N)ccc3c1C2=O. The number of piperidine rings is 1. The predicted octanol–water partition coefficient (Wildman–Crippen LogP) is 4.80. The number of nitriles is 1. The summed E-state index contributed by atoms with van der Waals surface area (Å²) in [5.74, 6) is -2.10. The van der Waals surface area contributed by atoms with Gasteiger partial charge in [0.1, 0.15) is 6.04 Å². The number of aromatic nitrogens is 1. The van der Waals surface area contributed by atoms with Crippen LogP contribution in [-0.4, -0.2) is 88.9 Å². The molecule has 0 bridgehead atoms. The van der Waals surface area contributed by atoms with Crippen LogP contribution in [-0.2, 0) is 26.2 Å². The van der Waals surface area contributed by atoms with E-state index in [2.05, 4.69) is 59.5 Å². The number of unbranched alkanes of at least 4 members (excludes halogenated alkanes) is 1. The minimum absolute atomic E-state index is 0.00941. The second kappa shape index (κ2) is 14.1. The summed E-state index contributed by atoms with van der Waals surface area (Å²) in [7, 11) is 0. The Morgan fingerprint density at radius 2 is 1.73 bits per heavy atom. The van der Waals surface area contributed by atoms with Crippen LogP contribution in [0.2, 0.25) is 0 Å². The zero-order chi connectivity index (χ0) is 39.5. The molecular weight excluding hydrogens is 711 g/mol. The highest BCUT2D eigenvalue weighted by Crippen LogP contribution is 2.46. The fourth-order valence-electron chi connectivity index (χ4n) is 8.80. The molecule has 286 valence electrons. The summed E-state index contributed by atoms with van der Waals surface area (Å²) in [5, 5.41) is 15.7. The first-order valence-corrected chi connectivity index (χ1v) is 19.3. The Morgan fingerprint density at radius 3 is 2.46 bits per heavy atom. The molecule has 4 aliphatic rings. The van der Waals surface area contributed by atoms with Crippen molar-refractivity contribution in [3.63, 3.8) is 0 Å². The molecule has 1 atom stereocenters. The summed E-state index contributed by atoms with van der Waals surface area (Å²) in [5.41, 5.74) is 7.15. The highest BCUT2D eigenvalue weighted by molar-refractivity contribution is 6.25. The van der Waals surface area contributed by atoms with Crippen LogP contribution in [0, 0.1) is 11.3 Å². The Balaban J connectivity index is 0.871. The van der Waals surface area contributed by atoms with Gasteiger partial charge in [-0.05, 0) is 73.2 Å². The van der Waals surface area contributed by atoms with Crippen molar-refractivity contribution in [2.75, 3.05) is 42.9 Å². The van der Waals surface area contributed by atoms with Gasteiger partial charge in [0.05, 0.1) is 28.3 Å². The van der Waals surface area contributed by atoms with Crippen LogP contribution in [0.4, 0.5) is 11.4 Å². The Morgan fingerprint density at radius 1 is 0.946 bits per heavy atom. The first-order chi connectivity index (χ1) is 26.9. The summed E-state index contributed by atoms with van der Waals surface area (Å²) >= 11 is 0. The van der Waals surface area contributed by atoms with E-state index in [1.807, 2.05) is 11.0 Å². The molecule has 0 saturated carbocycles. The molecule has 1 aromatic heterocycles. The van der Waals surface area contributed by atoms with Crippen molar-refractivity contribution in [2.45, 2.75) is 70.8 Å². The molecule has 1 unspecified atom stereocenters. The second-order valence-electron chi connectivity index (χ2n) is 15.5. The van der Waals surface area contributed by atoms with E-state index in [1.54, 1.807) is 30.3 Å². The number of imide groups is 2. The third-order valence-corrected chi connectivity index (χ3v) is 11.9. The van der Waals surface area contributed by atoms with E-state index >= 15 is 0 Å². The van der Waals surface area contributed by atoms with Gasteiger partial charge in [0, 0.05) is 84.5 Å². The summed E-state index contributed by atoms with van der Waals surface area (Å²) < 4.78 is 0. The zero-order valence-electron chi connectivity index (χ0n) is 31.7. The van der Waals surface area contributed by atoms with Gasteiger partial charge in [-0.15, -0.1) is 0 Å². The molecule has 3 aliphatic heterocycles. The molecule has 4 heterocycles. The number of carbonyl (C=O) groups excluding carboxylic acids is 6. The number of nitrogens with one attached hydrogen (secondary N) is 3. The van der Waals surface area contributed by atoms with Crippen molar-refractivity contribution in [3.8, 4) is 6.07 Å². The van der Waals surface area contributed by atoms with Gasteiger partial charge in [-0.25, -0.2) is 0 Å². The zero-order valence-corrected chi connectivity index (χ0v) is 31.7. The third kappa shape index (κ3) is 6.00. The van der Waals surface area contributed by atoms with Crippen molar-refractivity contribution >= 4 is 57.6 Å². The van der Waals surface area contributed by atoms with Crippen molar-refractivity contribution in [1.82, 2.24) is 20.1 Å². The lowest BCUT2D eigenvalue weighted by atomic mass is 9.70. The van der Waals surface area contributed by atoms with E-state index in [9.17, 15) is 34.0 Å². The van der Waals surface area contributed by atoms with Crippen molar-refractivity contribution in [3.05, 3.63) is 93.2 Å². The summed E-state index contributed by atoms with van der Waals surface area (Å²) in [4.78, 5) is 86.6. The molecule has 3 aromatic carbocycles. The van der Waals surface area contributed by atoms with Crippen LogP contribution in [0.3, 0.4) is 0 Å². The van der Waals surface area contributed by atoms with Gasteiger partial charge in [-0.1, -0.05) is 32.9 Å². The molecule has 1 aliphatic carbocycles. The molecule has 0 radical (unpaired) electrons. The molecule has 56 heavy (non-hydrogen) atoms. The average Bonchev–Trinajstić information content (AvgIpc) is 3.71. The number of hydrogen-bond donors (Lipinski definition) is 3. The number of piperazine rings is 1. The van der Waals surface area contributed by atoms with Crippen LogP contribution in [0.25, 0.3) is 10.9 Å². The number of H-pyrrole nitrogens is 1. The lowest BCUT2D eigenvalue weighted by Crippen LogP contribution is -2.54. The molecule has 0 spiro atoms. The molecule has 13 heteroatoms. The molecule has 4 aromatic rings. The van der Waals surface area contributed by atoms with E-state index in [4.69, 9.17) is 0 Å². The molecule has 2 fully saturated rings. The number of aromatic amines is 1. The molecule has 13 nitrogen and oxygen atoms in total. The van der Waals surface area contributed by atoms with E-state index < -0.39 is 35.1 Å². The predicted molar refractivity (Wildman–Crippen MR) is 209 cm³/mol. The number of nitrogens with zero attached hydrogens (tertiary/aromatic N) is 4. The molecule has 8 rings (SSSR count). The monoisotopic (exact) mass is 753 g/mol. The number of ketones is 1. The first kappa shape index (κ1) is 36.7. The Bertz CT molecular complexity index is 2410. The van der Waals surface area contributed by atoms with E-state index in [1.165, 1.54) is 0 Å². The summed E-state index contributed by atoms with van der Waals surface area (Å²) in [6, 6.07) is 15.8. The summed E-state index contributed by atoms with van der Waals surface area (Å²) in [6.07, 6.45) is 2.58.